The van der Waals surface area contributed by atoms with Crippen molar-refractivity contribution < 1.29 is 19.0 Å². The van der Waals surface area contributed by atoms with Gasteiger partial charge in [0.2, 0.25) is 5.72 Å². The van der Waals surface area contributed by atoms with Crippen molar-refractivity contribution in [2.24, 2.45) is 5.73 Å². The average molecular weight is 366 g/mol. The van der Waals surface area contributed by atoms with Crippen molar-refractivity contribution in [1.29, 1.82) is 0 Å². The molecule has 0 aliphatic heterocycles. The number of esters is 1. The lowest BCUT2D eigenvalue weighted by Gasteiger charge is -2.20. The molecule has 25 heavy (non-hydrogen) atoms. The summed E-state index contributed by atoms with van der Waals surface area (Å²) in [4.78, 5) is 11.5. The number of hydrogen-bond acceptors (Lipinski definition) is 4. The van der Waals surface area contributed by atoms with Crippen molar-refractivity contribution in [2.45, 2.75) is 31.9 Å². The van der Waals surface area contributed by atoms with Gasteiger partial charge in [0.15, 0.2) is 0 Å². The second-order valence-corrected chi connectivity index (χ2v) is 6.26. The molecule has 3 N–H and O–H groups in total. The Morgan fingerprint density at radius 2 is 1.96 bits per heavy atom. The third-order valence-corrected chi connectivity index (χ3v) is 4.08. The highest BCUT2D eigenvalue weighted by molar-refractivity contribution is 6.30. The van der Waals surface area contributed by atoms with Crippen LogP contribution in [0.2, 0.25) is 5.02 Å². The van der Waals surface area contributed by atoms with Crippen LogP contribution in [-0.4, -0.2) is 23.4 Å². The van der Waals surface area contributed by atoms with Gasteiger partial charge in [0.25, 0.3) is 0 Å². The number of carbonyl (C=O) groups is 1. The molecule has 0 saturated carbocycles. The van der Waals surface area contributed by atoms with E-state index in [0.29, 0.717) is 23.4 Å². The fourth-order valence-corrected chi connectivity index (χ4v) is 2.66. The second kappa shape index (κ2) is 8.43. The van der Waals surface area contributed by atoms with Gasteiger partial charge in [-0.15, -0.1) is 0 Å². The molecule has 0 radical (unpaired) electrons. The number of benzene rings is 2. The van der Waals surface area contributed by atoms with Gasteiger partial charge in [-0.1, -0.05) is 35.9 Å². The summed E-state index contributed by atoms with van der Waals surface area (Å²) in [6.45, 7) is 1.82. The predicted molar refractivity (Wildman–Crippen MR) is 95.6 cm³/mol. The Hall–Kier alpha value is -1.95. The Bertz CT molecular complexity index is 732. The van der Waals surface area contributed by atoms with Crippen LogP contribution in [0.4, 0.5) is 4.39 Å². The number of aryl methyl sites for hydroxylation is 1. The second-order valence-electron chi connectivity index (χ2n) is 5.82. The van der Waals surface area contributed by atoms with Crippen molar-refractivity contribution in [2.75, 3.05) is 6.61 Å². The molecule has 6 heteroatoms. The Labute approximate surface area is 151 Å². The van der Waals surface area contributed by atoms with E-state index in [1.807, 2.05) is 24.3 Å². The van der Waals surface area contributed by atoms with Crippen LogP contribution in [0.1, 0.15) is 25.3 Å². The molecule has 0 saturated heterocycles. The van der Waals surface area contributed by atoms with Gasteiger partial charge in [-0.25, -0.2) is 9.18 Å². The smallest absolute Gasteiger partial charge is 0.353 e. The molecule has 0 amide bonds. The zero-order valence-corrected chi connectivity index (χ0v) is 14.7. The Kier molecular flexibility index (Phi) is 6.53. The third kappa shape index (κ3) is 5.26. The first kappa shape index (κ1) is 19.4. The van der Waals surface area contributed by atoms with Crippen molar-refractivity contribution in [1.82, 2.24) is 0 Å². The van der Waals surface area contributed by atoms with E-state index in [0.717, 1.165) is 11.1 Å². The van der Waals surface area contributed by atoms with E-state index < -0.39 is 11.7 Å². The number of halogens is 2. The van der Waals surface area contributed by atoms with Crippen molar-refractivity contribution >= 4 is 17.6 Å². The average Bonchev–Trinajstić information content (AvgIpc) is 2.58. The van der Waals surface area contributed by atoms with Crippen LogP contribution in [0.15, 0.2) is 42.5 Å². The summed E-state index contributed by atoms with van der Waals surface area (Å²) < 4.78 is 18.6. The van der Waals surface area contributed by atoms with Gasteiger partial charge in [-0.05, 0) is 49.1 Å². The van der Waals surface area contributed by atoms with Gasteiger partial charge in [0.05, 0.1) is 6.61 Å². The summed E-state index contributed by atoms with van der Waals surface area (Å²) in [5, 5.41) is 10.4. The minimum Gasteiger partial charge on any atom is -0.463 e. The molecule has 134 valence electrons. The molecule has 0 aliphatic rings. The van der Waals surface area contributed by atoms with Gasteiger partial charge in [-0.3, -0.25) is 5.73 Å². The fourth-order valence-electron chi connectivity index (χ4n) is 2.49. The molecule has 0 fully saturated rings. The lowest BCUT2D eigenvalue weighted by atomic mass is 9.99. The number of ether oxygens (including phenoxy) is 1. The summed E-state index contributed by atoms with van der Waals surface area (Å²) in [6.07, 6.45) is 1.23. The van der Waals surface area contributed by atoms with Crippen LogP contribution in [0.25, 0.3) is 11.1 Å². The van der Waals surface area contributed by atoms with Crippen molar-refractivity contribution in [3.8, 4) is 11.1 Å². The van der Waals surface area contributed by atoms with E-state index >= 15 is 0 Å². The zero-order valence-electron chi connectivity index (χ0n) is 14.0. The number of carbonyl (C=O) groups excluding carboxylic acids is 1. The standard InChI is InChI=1S/C19H21ClFNO3/c1-2-25-18(23)19(22,24)11-3-4-13-5-7-14(8-6-13)16-12-15(20)9-10-17(16)21/h5-10,12,24H,2-4,11,22H2,1H3. The summed E-state index contributed by atoms with van der Waals surface area (Å²) in [5.74, 6) is -1.15. The first-order valence-corrected chi connectivity index (χ1v) is 8.44. The summed E-state index contributed by atoms with van der Waals surface area (Å²) >= 11 is 5.92. The normalized spacial score (nSPS) is 13.3. The number of hydrogen-bond donors (Lipinski definition) is 2. The minimum absolute atomic E-state index is 0.0938. The van der Waals surface area contributed by atoms with E-state index in [1.165, 1.54) is 12.1 Å². The molecule has 0 bridgehead atoms. The highest BCUT2D eigenvalue weighted by Gasteiger charge is 2.31. The zero-order chi connectivity index (χ0) is 18.4. The van der Waals surface area contributed by atoms with Gasteiger partial charge in [0, 0.05) is 17.0 Å². The molecule has 4 nitrogen and oxygen atoms in total. The van der Waals surface area contributed by atoms with Gasteiger partial charge >= 0.3 is 5.97 Å². The molecule has 0 heterocycles. The SMILES string of the molecule is CCOC(=O)C(N)(O)CCCc1ccc(-c2cc(Cl)ccc2F)cc1. The molecule has 0 aromatic heterocycles. The van der Waals surface area contributed by atoms with Gasteiger partial charge < -0.3 is 9.84 Å². The van der Waals surface area contributed by atoms with E-state index in [9.17, 15) is 14.3 Å². The molecule has 2 aromatic rings. The summed E-state index contributed by atoms with van der Waals surface area (Å²) in [5.41, 5.74) is 5.76. The molecule has 2 rings (SSSR count). The van der Waals surface area contributed by atoms with Crippen molar-refractivity contribution in [3.63, 3.8) is 0 Å². The molecule has 1 unspecified atom stereocenters. The molecular weight excluding hydrogens is 345 g/mol. The molecule has 0 aliphatic carbocycles. The summed E-state index contributed by atoms with van der Waals surface area (Å²) in [6, 6.07) is 11.8. The largest absolute Gasteiger partial charge is 0.463 e. The van der Waals surface area contributed by atoms with Crippen LogP contribution >= 0.6 is 11.6 Å². The first-order chi connectivity index (χ1) is 11.8. The highest BCUT2D eigenvalue weighted by atomic mass is 35.5. The maximum atomic E-state index is 13.9. The molecule has 1 atom stereocenters. The maximum absolute atomic E-state index is 13.9. The van der Waals surface area contributed by atoms with E-state index in [2.05, 4.69) is 0 Å². The van der Waals surface area contributed by atoms with Crippen LogP contribution in [0.3, 0.4) is 0 Å². The minimum atomic E-state index is -1.97. The Balaban J connectivity index is 1.97. The lowest BCUT2D eigenvalue weighted by Crippen LogP contribution is -2.49. The van der Waals surface area contributed by atoms with Gasteiger partial charge in [0.1, 0.15) is 5.82 Å². The van der Waals surface area contributed by atoms with Crippen molar-refractivity contribution in [3.05, 3.63) is 58.9 Å². The van der Waals surface area contributed by atoms with Gasteiger partial charge in [-0.2, -0.15) is 0 Å². The number of aliphatic hydroxyl groups is 1. The van der Waals surface area contributed by atoms with Crippen LogP contribution in [0, 0.1) is 5.82 Å². The molecular formula is C19H21ClFNO3. The third-order valence-electron chi connectivity index (χ3n) is 3.85. The van der Waals surface area contributed by atoms with Crippen LogP contribution in [0.5, 0.6) is 0 Å². The Morgan fingerprint density at radius 3 is 2.60 bits per heavy atom. The fraction of sp³-hybridized carbons (Fsp3) is 0.316. The van der Waals surface area contributed by atoms with E-state index in [4.69, 9.17) is 22.1 Å². The number of nitrogens with two attached hydrogens (primary N) is 1. The first-order valence-electron chi connectivity index (χ1n) is 8.06. The topological polar surface area (TPSA) is 72.5 Å². The van der Waals surface area contributed by atoms with Crippen LogP contribution < -0.4 is 5.73 Å². The quantitative estimate of drug-likeness (QED) is 0.580. The number of rotatable bonds is 7. The van der Waals surface area contributed by atoms with E-state index in [-0.39, 0.29) is 18.8 Å². The summed E-state index contributed by atoms with van der Waals surface area (Å²) in [7, 11) is 0. The maximum Gasteiger partial charge on any atom is 0.353 e. The monoisotopic (exact) mass is 365 g/mol. The molecule has 2 aromatic carbocycles. The molecule has 0 spiro atoms. The van der Waals surface area contributed by atoms with Crippen LogP contribution in [-0.2, 0) is 16.0 Å². The van der Waals surface area contributed by atoms with E-state index in [1.54, 1.807) is 13.0 Å². The Morgan fingerprint density at radius 1 is 1.28 bits per heavy atom. The predicted octanol–water partition coefficient (Wildman–Crippen LogP) is 3.68. The highest BCUT2D eigenvalue weighted by Crippen LogP contribution is 2.26. The lowest BCUT2D eigenvalue weighted by molar-refractivity contribution is -0.165.